The molecule has 0 amide bonds. The first-order chi connectivity index (χ1) is 36.6. The van der Waals surface area contributed by atoms with Crippen molar-refractivity contribution in [3.63, 3.8) is 0 Å². The predicted octanol–water partition coefficient (Wildman–Crippen LogP) is 19.4. The van der Waals surface area contributed by atoms with Gasteiger partial charge in [0.25, 0.3) is 0 Å². The summed E-state index contributed by atoms with van der Waals surface area (Å²) in [6, 6.07) is 74.6. The van der Waals surface area contributed by atoms with Crippen molar-refractivity contribution in [3.05, 3.63) is 245 Å². The molecule has 0 saturated carbocycles. The third-order valence-corrected chi connectivity index (χ3v) is 16.5. The summed E-state index contributed by atoms with van der Waals surface area (Å²) in [5, 5.41) is 2.38. The second-order valence-corrected chi connectivity index (χ2v) is 25.6. The first-order valence-electron chi connectivity index (χ1n) is 27.5. The summed E-state index contributed by atoms with van der Waals surface area (Å²) in [5.74, 6) is 0.891. The Morgan fingerprint density at radius 1 is 0.351 bits per heavy atom. The number of fused-ring (bicyclic) bond motifs is 4. The number of hydrogen-bond acceptors (Lipinski definition) is 4. The summed E-state index contributed by atoms with van der Waals surface area (Å²) in [7, 11) is 0. The molecule has 10 aromatic rings. The van der Waals surface area contributed by atoms with Gasteiger partial charge in [-0.3, -0.25) is 4.57 Å². The summed E-state index contributed by atoms with van der Waals surface area (Å²) < 4.78 is 2.39. The van der Waals surface area contributed by atoms with E-state index in [9.17, 15) is 0 Å². The van der Waals surface area contributed by atoms with Crippen LogP contribution in [0.2, 0.25) is 0 Å². The van der Waals surface area contributed by atoms with Gasteiger partial charge in [0.2, 0.25) is 0 Å². The molecule has 11 rings (SSSR count). The molecule has 0 bridgehead atoms. The largest absolute Gasteiger partial charge is 0.321 e. The van der Waals surface area contributed by atoms with Crippen molar-refractivity contribution in [1.82, 2.24) is 9.55 Å². The van der Waals surface area contributed by atoms with Gasteiger partial charge in [-0.1, -0.05) is 199 Å². The molecule has 77 heavy (non-hydrogen) atoms. The molecule has 5 heteroatoms. The number of benzene rings is 8. The minimum atomic E-state index is -0.279. The van der Waals surface area contributed by atoms with Gasteiger partial charge in [-0.15, -0.1) is 0 Å². The zero-order valence-corrected chi connectivity index (χ0v) is 47.6. The van der Waals surface area contributed by atoms with Gasteiger partial charge < -0.3 is 14.7 Å². The topological polar surface area (TPSA) is 27.5 Å². The zero-order valence-electron chi connectivity index (χ0n) is 47.6. The first kappa shape index (κ1) is 51.2. The van der Waals surface area contributed by atoms with E-state index in [0.29, 0.717) is 6.67 Å². The van der Waals surface area contributed by atoms with Crippen molar-refractivity contribution in [2.24, 2.45) is 0 Å². The standard InChI is InChI=1S/C72H75N5/c1-68(2,3)49-31-33-51(34-32-49)72(12,13)53-39-40-73-67(45-53)77-63-38-35-52(71(10,11)50-23-16-14-17-24-50)44-62(63)61-37-36-59(47-66(61)77)76(56-25-18-15-19-26-56)58-28-22-27-57(46-58)74-48-75(65-30-21-20-29-64(65)74)60-42-54(69(4,5)6)41-55(43-60)70(7,8)9/h14-47H,48H2,1-13H3. The lowest BCUT2D eigenvalue weighted by atomic mass is 9.77. The zero-order chi connectivity index (χ0) is 54.2. The fourth-order valence-corrected chi connectivity index (χ4v) is 11.4. The molecule has 1 aliphatic heterocycles. The highest BCUT2D eigenvalue weighted by molar-refractivity contribution is 6.10. The minimum Gasteiger partial charge on any atom is -0.321 e. The molecule has 0 aliphatic carbocycles. The fraction of sp³-hybridized carbons (Fsp3) is 0.264. The lowest BCUT2D eigenvalue weighted by molar-refractivity contribution is 0.568. The van der Waals surface area contributed by atoms with E-state index < -0.39 is 0 Å². The van der Waals surface area contributed by atoms with Crippen LogP contribution in [0.1, 0.15) is 129 Å². The van der Waals surface area contributed by atoms with Crippen LogP contribution in [0.15, 0.2) is 206 Å². The van der Waals surface area contributed by atoms with Gasteiger partial charge in [0.05, 0.1) is 22.4 Å². The third kappa shape index (κ3) is 9.49. The summed E-state index contributed by atoms with van der Waals surface area (Å²) in [6.07, 6.45) is 1.99. The van der Waals surface area contributed by atoms with E-state index in [0.717, 1.165) is 39.6 Å². The van der Waals surface area contributed by atoms with Crippen LogP contribution >= 0.6 is 0 Å². The van der Waals surface area contributed by atoms with E-state index in [-0.39, 0.29) is 27.1 Å². The van der Waals surface area contributed by atoms with Gasteiger partial charge in [-0.2, -0.15) is 0 Å². The second kappa shape index (κ2) is 19.0. The Labute approximate surface area is 458 Å². The van der Waals surface area contributed by atoms with Crippen LogP contribution < -0.4 is 14.7 Å². The molecular weight excluding hydrogens is 935 g/mol. The first-order valence-corrected chi connectivity index (χ1v) is 27.5. The Bertz CT molecular complexity index is 3750. The Kier molecular flexibility index (Phi) is 12.6. The SMILES string of the molecule is CC(C)(C)c1ccc(C(C)(C)c2ccnc(-n3c4ccc(C(C)(C)c5ccccc5)cc4c4ccc(N(c5ccccc5)c5cccc(N6CN(c7cc(C(C)(C)C)cc(C(C)(C)C)c7)c7ccccc76)c5)cc43)c2)cc1. The van der Waals surface area contributed by atoms with Gasteiger partial charge in [0.1, 0.15) is 12.5 Å². The molecule has 0 saturated heterocycles. The number of nitrogens with zero attached hydrogens (tertiary/aromatic N) is 5. The molecule has 0 N–H and O–H groups in total. The van der Waals surface area contributed by atoms with Crippen molar-refractivity contribution in [1.29, 1.82) is 0 Å². The van der Waals surface area contributed by atoms with Crippen molar-refractivity contribution < 1.29 is 0 Å². The lowest BCUT2D eigenvalue weighted by Gasteiger charge is -2.30. The van der Waals surface area contributed by atoms with E-state index >= 15 is 0 Å². The normalized spacial score (nSPS) is 13.4. The summed E-state index contributed by atoms with van der Waals surface area (Å²) in [4.78, 5) is 12.6. The van der Waals surface area contributed by atoms with Crippen molar-refractivity contribution >= 4 is 61.6 Å². The Balaban J connectivity index is 1.05. The molecule has 0 unspecified atom stereocenters. The maximum absolute atomic E-state index is 5.22. The number of aromatic nitrogens is 2. The van der Waals surface area contributed by atoms with Gasteiger partial charge in [-0.05, 0) is 146 Å². The van der Waals surface area contributed by atoms with Crippen LogP contribution in [0.3, 0.4) is 0 Å². The molecular formula is C72H75N5. The van der Waals surface area contributed by atoms with E-state index in [2.05, 4.69) is 309 Å². The summed E-state index contributed by atoms with van der Waals surface area (Å²) >= 11 is 0. The summed E-state index contributed by atoms with van der Waals surface area (Å²) in [6.45, 7) is 30.7. The Morgan fingerprint density at radius 2 is 0.870 bits per heavy atom. The molecule has 5 nitrogen and oxygen atoms in total. The molecule has 0 fully saturated rings. The van der Waals surface area contributed by atoms with Crippen molar-refractivity contribution in [2.45, 2.75) is 117 Å². The van der Waals surface area contributed by atoms with Crippen LogP contribution in [-0.4, -0.2) is 16.2 Å². The number of para-hydroxylation sites is 3. The van der Waals surface area contributed by atoms with Gasteiger partial charge >= 0.3 is 0 Å². The predicted molar refractivity (Wildman–Crippen MR) is 329 cm³/mol. The van der Waals surface area contributed by atoms with Crippen LogP contribution in [0.4, 0.5) is 39.8 Å². The van der Waals surface area contributed by atoms with Crippen molar-refractivity contribution in [3.8, 4) is 5.82 Å². The average molecular weight is 1010 g/mol. The quantitative estimate of drug-likeness (QED) is 0.136. The molecule has 388 valence electrons. The maximum atomic E-state index is 5.22. The highest BCUT2D eigenvalue weighted by atomic mass is 15.4. The van der Waals surface area contributed by atoms with E-state index in [1.807, 2.05) is 6.20 Å². The molecule has 0 radical (unpaired) electrons. The third-order valence-electron chi connectivity index (χ3n) is 16.5. The van der Waals surface area contributed by atoms with Gasteiger partial charge in [0.15, 0.2) is 0 Å². The number of anilines is 7. The van der Waals surface area contributed by atoms with Gasteiger partial charge in [-0.25, -0.2) is 4.98 Å². The van der Waals surface area contributed by atoms with Crippen LogP contribution in [0.25, 0.3) is 27.6 Å². The molecule has 8 aromatic carbocycles. The fourth-order valence-electron chi connectivity index (χ4n) is 11.4. The highest BCUT2D eigenvalue weighted by Gasteiger charge is 2.32. The van der Waals surface area contributed by atoms with Crippen LogP contribution in [0, 0.1) is 0 Å². The minimum absolute atomic E-state index is 0.000605. The van der Waals surface area contributed by atoms with E-state index in [4.69, 9.17) is 4.98 Å². The number of pyridine rings is 1. The number of rotatable bonds is 10. The van der Waals surface area contributed by atoms with Crippen molar-refractivity contribution in [2.75, 3.05) is 21.4 Å². The van der Waals surface area contributed by atoms with Crippen LogP contribution in [0.5, 0.6) is 0 Å². The van der Waals surface area contributed by atoms with Gasteiger partial charge in [0, 0.05) is 56.2 Å². The molecule has 0 spiro atoms. The maximum Gasteiger partial charge on any atom is 0.137 e. The molecule has 0 atom stereocenters. The molecule has 3 heterocycles. The Morgan fingerprint density at radius 3 is 1.49 bits per heavy atom. The molecule has 2 aromatic heterocycles. The average Bonchev–Trinajstić information content (AvgIpc) is 3.98. The highest BCUT2D eigenvalue weighted by Crippen LogP contribution is 2.48. The second-order valence-electron chi connectivity index (χ2n) is 25.6. The van der Waals surface area contributed by atoms with E-state index in [1.54, 1.807) is 0 Å². The monoisotopic (exact) mass is 1010 g/mol. The van der Waals surface area contributed by atoms with E-state index in [1.165, 1.54) is 66.8 Å². The molecule has 1 aliphatic rings. The Hall–Kier alpha value is -7.89. The van der Waals surface area contributed by atoms with Crippen LogP contribution in [-0.2, 0) is 27.1 Å². The smallest absolute Gasteiger partial charge is 0.137 e. The lowest BCUT2D eigenvalue weighted by Crippen LogP contribution is -2.25. The summed E-state index contributed by atoms with van der Waals surface area (Å²) in [5.41, 5.74) is 18.8. The number of hydrogen-bond donors (Lipinski definition) is 0.